The highest BCUT2D eigenvalue weighted by Crippen LogP contribution is 2.21. The van der Waals surface area contributed by atoms with Gasteiger partial charge in [0.15, 0.2) is 5.82 Å². The summed E-state index contributed by atoms with van der Waals surface area (Å²) in [5.41, 5.74) is 6.82. The van der Waals surface area contributed by atoms with Crippen LogP contribution in [0.3, 0.4) is 0 Å². The van der Waals surface area contributed by atoms with Crippen LogP contribution in [0.1, 0.15) is 30.1 Å². The summed E-state index contributed by atoms with van der Waals surface area (Å²) >= 11 is 0. The first-order chi connectivity index (χ1) is 12.6. The van der Waals surface area contributed by atoms with Crippen LogP contribution in [0.25, 0.3) is 11.4 Å². The molecule has 1 fully saturated rings. The minimum atomic E-state index is -0.337. The Balaban J connectivity index is 1.74. The number of primary amides is 1. The molecule has 1 aliphatic rings. The third kappa shape index (κ3) is 3.99. The molecule has 26 heavy (non-hydrogen) atoms. The largest absolute Gasteiger partial charge is 0.370 e. The number of nitrogens with one attached hydrogen (secondary N) is 1. The lowest BCUT2D eigenvalue weighted by Crippen LogP contribution is -2.44. The van der Waals surface area contributed by atoms with Gasteiger partial charge in [-0.05, 0) is 38.0 Å². The van der Waals surface area contributed by atoms with Crippen molar-refractivity contribution in [2.45, 2.75) is 19.8 Å². The van der Waals surface area contributed by atoms with Gasteiger partial charge < -0.3 is 16.0 Å². The highest BCUT2D eigenvalue weighted by atomic mass is 16.2. The number of benzene rings is 1. The molecule has 3 N–H and O–H groups in total. The second-order valence-corrected chi connectivity index (χ2v) is 6.37. The lowest BCUT2D eigenvalue weighted by molar-refractivity contribution is -0.123. The Morgan fingerprint density at radius 3 is 2.73 bits per heavy atom. The number of nitrogens with zero attached hydrogens (tertiary/aromatic N) is 3. The summed E-state index contributed by atoms with van der Waals surface area (Å²) < 4.78 is 0. The van der Waals surface area contributed by atoms with E-state index in [2.05, 4.69) is 15.3 Å². The standard InChI is InChI=1S/C19H23N5O2/c1-2-21-16-9-10-22-18(23-16)13-5-7-14(8-6-13)19(26)24-11-3-4-15(12-24)17(20)25/h5-10,15H,2-4,11-12H2,1H3,(H2,20,25)(H,21,22,23)/t15-/m1/s1. The maximum Gasteiger partial charge on any atom is 0.253 e. The molecule has 0 radical (unpaired) electrons. The molecular weight excluding hydrogens is 330 g/mol. The summed E-state index contributed by atoms with van der Waals surface area (Å²) in [6, 6.07) is 9.04. The predicted molar refractivity (Wildman–Crippen MR) is 99.5 cm³/mol. The Labute approximate surface area is 152 Å². The molecule has 0 unspecified atom stereocenters. The third-order valence-electron chi connectivity index (χ3n) is 4.51. The number of anilines is 1. The van der Waals surface area contributed by atoms with Crippen molar-refractivity contribution in [3.05, 3.63) is 42.1 Å². The second-order valence-electron chi connectivity index (χ2n) is 6.37. The Morgan fingerprint density at radius 2 is 2.04 bits per heavy atom. The molecule has 0 aliphatic carbocycles. The Kier molecular flexibility index (Phi) is 5.46. The smallest absolute Gasteiger partial charge is 0.253 e. The monoisotopic (exact) mass is 353 g/mol. The van der Waals surface area contributed by atoms with Crippen molar-refractivity contribution < 1.29 is 9.59 Å². The van der Waals surface area contributed by atoms with Gasteiger partial charge in [-0.2, -0.15) is 0 Å². The van der Waals surface area contributed by atoms with Gasteiger partial charge in [0.25, 0.3) is 5.91 Å². The Morgan fingerprint density at radius 1 is 1.27 bits per heavy atom. The van der Waals surface area contributed by atoms with Gasteiger partial charge in [0.2, 0.25) is 5.91 Å². The van der Waals surface area contributed by atoms with Crippen molar-refractivity contribution in [3.63, 3.8) is 0 Å². The number of amides is 2. The molecule has 7 heteroatoms. The fourth-order valence-corrected chi connectivity index (χ4v) is 3.12. The van der Waals surface area contributed by atoms with E-state index >= 15 is 0 Å². The molecule has 0 bridgehead atoms. The normalized spacial score (nSPS) is 17.0. The lowest BCUT2D eigenvalue weighted by Gasteiger charge is -2.31. The molecule has 2 aromatic rings. The van der Waals surface area contributed by atoms with Crippen LogP contribution in [0, 0.1) is 5.92 Å². The SMILES string of the molecule is CCNc1ccnc(-c2ccc(C(=O)N3CCC[C@@H](C(N)=O)C3)cc2)n1. The van der Waals surface area contributed by atoms with Crippen molar-refractivity contribution in [3.8, 4) is 11.4 Å². The number of carbonyl (C=O) groups is 2. The Hall–Kier alpha value is -2.96. The zero-order valence-electron chi connectivity index (χ0n) is 14.8. The summed E-state index contributed by atoms with van der Waals surface area (Å²) in [6.45, 7) is 3.83. The van der Waals surface area contributed by atoms with Crippen molar-refractivity contribution in [1.82, 2.24) is 14.9 Å². The average Bonchev–Trinajstić information content (AvgIpc) is 2.68. The molecule has 0 saturated carbocycles. The van der Waals surface area contributed by atoms with Gasteiger partial charge in [0.1, 0.15) is 5.82 Å². The first kappa shape index (κ1) is 17.8. The molecule has 7 nitrogen and oxygen atoms in total. The Bertz CT molecular complexity index is 791. The van der Waals surface area contributed by atoms with Crippen molar-refractivity contribution in [2.24, 2.45) is 11.7 Å². The molecule has 136 valence electrons. The van der Waals surface area contributed by atoms with E-state index in [0.717, 1.165) is 30.8 Å². The number of piperidine rings is 1. The number of carbonyl (C=O) groups excluding carboxylic acids is 2. The summed E-state index contributed by atoms with van der Waals surface area (Å²) in [5, 5.41) is 3.15. The van der Waals surface area contributed by atoms with E-state index in [-0.39, 0.29) is 17.7 Å². The predicted octanol–water partition coefficient (Wildman–Crippen LogP) is 1.91. The zero-order chi connectivity index (χ0) is 18.5. The molecule has 0 spiro atoms. The average molecular weight is 353 g/mol. The number of likely N-dealkylation sites (tertiary alicyclic amines) is 1. The van der Waals surface area contributed by atoms with Gasteiger partial charge in [0, 0.05) is 37.0 Å². The van der Waals surface area contributed by atoms with E-state index in [4.69, 9.17) is 5.73 Å². The van der Waals surface area contributed by atoms with E-state index in [1.54, 1.807) is 23.2 Å². The molecule has 3 rings (SSSR count). The number of hydrogen-bond donors (Lipinski definition) is 2. The number of hydrogen-bond acceptors (Lipinski definition) is 5. The molecule has 1 atom stereocenters. The molecule has 1 aromatic heterocycles. The van der Waals surface area contributed by atoms with Crippen molar-refractivity contribution in [1.29, 1.82) is 0 Å². The highest BCUT2D eigenvalue weighted by Gasteiger charge is 2.27. The van der Waals surface area contributed by atoms with Crippen molar-refractivity contribution in [2.75, 3.05) is 25.0 Å². The molecule has 2 heterocycles. The molecule has 1 aromatic carbocycles. The van der Waals surface area contributed by atoms with Crippen LogP contribution < -0.4 is 11.1 Å². The van der Waals surface area contributed by atoms with E-state index in [1.165, 1.54) is 0 Å². The van der Waals surface area contributed by atoms with Crippen LogP contribution in [0.2, 0.25) is 0 Å². The van der Waals surface area contributed by atoms with Gasteiger partial charge in [-0.15, -0.1) is 0 Å². The summed E-state index contributed by atoms with van der Waals surface area (Å²) in [5.74, 6) is 0.701. The summed E-state index contributed by atoms with van der Waals surface area (Å²) in [7, 11) is 0. The summed E-state index contributed by atoms with van der Waals surface area (Å²) in [6.07, 6.45) is 3.25. The third-order valence-corrected chi connectivity index (χ3v) is 4.51. The van der Waals surface area contributed by atoms with Gasteiger partial charge in [-0.25, -0.2) is 9.97 Å². The number of aromatic nitrogens is 2. The maximum absolute atomic E-state index is 12.7. The minimum Gasteiger partial charge on any atom is -0.370 e. The van der Waals surface area contributed by atoms with Crippen molar-refractivity contribution >= 4 is 17.6 Å². The first-order valence-electron chi connectivity index (χ1n) is 8.84. The fourth-order valence-electron chi connectivity index (χ4n) is 3.12. The molecular formula is C19H23N5O2. The van der Waals surface area contributed by atoms with E-state index < -0.39 is 0 Å². The van der Waals surface area contributed by atoms with Crippen LogP contribution in [0.15, 0.2) is 36.5 Å². The van der Waals surface area contributed by atoms with Crippen LogP contribution >= 0.6 is 0 Å². The molecule has 2 amide bonds. The minimum absolute atomic E-state index is 0.0789. The fraction of sp³-hybridized carbons (Fsp3) is 0.368. The second kappa shape index (κ2) is 7.95. The van der Waals surface area contributed by atoms with Gasteiger partial charge >= 0.3 is 0 Å². The zero-order valence-corrected chi connectivity index (χ0v) is 14.8. The molecule has 1 aliphatic heterocycles. The van der Waals surface area contributed by atoms with Gasteiger partial charge in [-0.3, -0.25) is 9.59 Å². The van der Waals surface area contributed by atoms with E-state index in [1.807, 2.05) is 25.1 Å². The van der Waals surface area contributed by atoms with Crippen LogP contribution in [-0.2, 0) is 4.79 Å². The quantitative estimate of drug-likeness (QED) is 0.855. The number of nitrogens with two attached hydrogens (primary N) is 1. The van der Waals surface area contributed by atoms with Gasteiger partial charge in [0.05, 0.1) is 5.92 Å². The van der Waals surface area contributed by atoms with E-state index in [0.29, 0.717) is 24.5 Å². The topological polar surface area (TPSA) is 101 Å². The van der Waals surface area contributed by atoms with Crippen LogP contribution in [0.5, 0.6) is 0 Å². The van der Waals surface area contributed by atoms with Crippen LogP contribution in [-0.4, -0.2) is 46.3 Å². The van der Waals surface area contributed by atoms with Crippen LogP contribution in [0.4, 0.5) is 5.82 Å². The van der Waals surface area contributed by atoms with E-state index in [9.17, 15) is 9.59 Å². The maximum atomic E-state index is 12.7. The highest BCUT2D eigenvalue weighted by molar-refractivity contribution is 5.95. The number of rotatable bonds is 5. The first-order valence-corrected chi connectivity index (χ1v) is 8.84. The van der Waals surface area contributed by atoms with Gasteiger partial charge in [-0.1, -0.05) is 12.1 Å². The lowest BCUT2D eigenvalue weighted by atomic mass is 9.97. The summed E-state index contributed by atoms with van der Waals surface area (Å²) in [4.78, 5) is 34.5. The molecule has 1 saturated heterocycles.